The maximum atomic E-state index is 12.9. The summed E-state index contributed by atoms with van der Waals surface area (Å²) in [5.74, 6) is 0.207. The number of hydrogen-bond donors (Lipinski definition) is 1. The standard InChI is InChI=1S/C20H28N4O3S/c1-19(2)14-8-9-20(19,3)17(11-14)22-23-18(25)13-24(15-6-7-15)28(26,27)16-5-4-10-21-12-16/h4-5,10,12,14-15H,6-9,11,13H2,1-3H3,(H,23,25). The summed E-state index contributed by atoms with van der Waals surface area (Å²) in [5, 5.41) is 4.44. The Kier molecular flexibility index (Phi) is 4.62. The normalized spacial score (nSPS) is 30.1. The van der Waals surface area contributed by atoms with Gasteiger partial charge in [0, 0.05) is 29.6 Å². The van der Waals surface area contributed by atoms with Gasteiger partial charge in [-0.3, -0.25) is 9.78 Å². The molecule has 1 N–H and O–H groups in total. The first kappa shape index (κ1) is 19.5. The molecular weight excluding hydrogens is 376 g/mol. The van der Waals surface area contributed by atoms with E-state index in [0.29, 0.717) is 5.92 Å². The molecule has 28 heavy (non-hydrogen) atoms. The van der Waals surface area contributed by atoms with Crippen LogP contribution in [-0.2, 0) is 14.8 Å². The maximum Gasteiger partial charge on any atom is 0.255 e. The lowest BCUT2D eigenvalue weighted by atomic mass is 9.70. The molecule has 2 unspecified atom stereocenters. The Morgan fingerprint density at radius 1 is 1.32 bits per heavy atom. The van der Waals surface area contributed by atoms with Gasteiger partial charge in [-0.05, 0) is 55.6 Å². The molecule has 1 amide bonds. The molecule has 152 valence electrons. The average Bonchev–Trinajstić information content (AvgIpc) is 3.44. The largest absolute Gasteiger partial charge is 0.272 e. The van der Waals surface area contributed by atoms with Crippen molar-refractivity contribution in [2.75, 3.05) is 6.54 Å². The van der Waals surface area contributed by atoms with E-state index in [-0.39, 0.29) is 28.3 Å². The van der Waals surface area contributed by atoms with Crippen LogP contribution in [0.5, 0.6) is 0 Å². The van der Waals surface area contributed by atoms with E-state index in [1.54, 1.807) is 6.07 Å². The molecule has 7 nitrogen and oxygen atoms in total. The third kappa shape index (κ3) is 3.06. The van der Waals surface area contributed by atoms with Crippen molar-refractivity contribution in [1.29, 1.82) is 0 Å². The number of pyridine rings is 1. The van der Waals surface area contributed by atoms with Crippen molar-refractivity contribution in [3.8, 4) is 0 Å². The number of fused-ring (bicyclic) bond motifs is 2. The van der Waals surface area contributed by atoms with Gasteiger partial charge in [0.05, 0.1) is 6.54 Å². The van der Waals surface area contributed by atoms with Crippen molar-refractivity contribution in [2.45, 2.75) is 63.8 Å². The van der Waals surface area contributed by atoms with Crippen LogP contribution in [0.1, 0.15) is 52.9 Å². The van der Waals surface area contributed by atoms with Crippen LogP contribution in [0, 0.1) is 16.7 Å². The van der Waals surface area contributed by atoms with E-state index in [9.17, 15) is 13.2 Å². The molecule has 1 aromatic rings. The van der Waals surface area contributed by atoms with E-state index in [1.165, 1.54) is 29.2 Å². The fraction of sp³-hybridized carbons (Fsp3) is 0.650. The number of amides is 1. The van der Waals surface area contributed by atoms with Crippen molar-refractivity contribution in [3.05, 3.63) is 24.5 Å². The molecule has 1 aromatic heterocycles. The molecule has 3 fully saturated rings. The molecule has 0 aliphatic heterocycles. The Morgan fingerprint density at radius 2 is 2.07 bits per heavy atom. The zero-order chi connectivity index (χ0) is 20.2. The second-order valence-electron chi connectivity index (χ2n) is 9.06. The van der Waals surface area contributed by atoms with Gasteiger partial charge in [0.15, 0.2) is 0 Å². The molecule has 2 atom stereocenters. The number of hydrazone groups is 1. The number of aromatic nitrogens is 1. The number of sulfonamides is 1. The van der Waals surface area contributed by atoms with Gasteiger partial charge >= 0.3 is 0 Å². The van der Waals surface area contributed by atoms with Crippen molar-refractivity contribution in [3.63, 3.8) is 0 Å². The molecule has 0 aromatic carbocycles. The summed E-state index contributed by atoms with van der Waals surface area (Å²) >= 11 is 0. The minimum absolute atomic E-state index is 0.00289. The van der Waals surface area contributed by atoms with Crippen LogP contribution in [-0.4, -0.2) is 41.9 Å². The van der Waals surface area contributed by atoms with Crippen LogP contribution in [0.4, 0.5) is 0 Å². The van der Waals surface area contributed by atoms with Crippen LogP contribution in [0.2, 0.25) is 0 Å². The number of nitrogens with zero attached hydrogens (tertiary/aromatic N) is 3. The molecule has 3 saturated carbocycles. The predicted octanol–water partition coefficient (Wildman–Crippen LogP) is 2.55. The number of nitrogens with one attached hydrogen (secondary N) is 1. The first-order chi connectivity index (χ1) is 13.2. The first-order valence-electron chi connectivity index (χ1n) is 9.94. The third-order valence-corrected chi connectivity index (χ3v) is 9.20. The van der Waals surface area contributed by atoms with Gasteiger partial charge in [-0.2, -0.15) is 9.41 Å². The van der Waals surface area contributed by atoms with Gasteiger partial charge in [0.25, 0.3) is 5.91 Å². The minimum Gasteiger partial charge on any atom is -0.272 e. The van der Waals surface area contributed by atoms with Crippen molar-refractivity contribution < 1.29 is 13.2 Å². The summed E-state index contributed by atoms with van der Waals surface area (Å²) in [4.78, 5) is 16.6. The summed E-state index contributed by atoms with van der Waals surface area (Å²) in [6, 6.07) is 2.97. The molecule has 0 radical (unpaired) electrons. The number of hydrogen-bond acceptors (Lipinski definition) is 5. The summed E-state index contributed by atoms with van der Waals surface area (Å²) < 4.78 is 27.1. The molecule has 3 aliphatic rings. The van der Waals surface area contributed by atoms with Crippen molar-refractivity contribution in [2.24, 2.45) is 21.8 Å². The quantitative estimate of drug-likeness (QED) is 0.738. The SMILES string of the molecule is CC12CCC(CC1=NNC(=O)CN(C1CC1)S(=O)(=O)c1cccnc1)C2(C)C. The molecule has 8 heteroatoms. The molecule has 0 saturated heterocycles. The fourth-order valence-corrected chi connectivity index (χ4v) is 6.42. The monoisotopic (exact) mass is 404 g/mol. The second kappa shape index (κ2) is 6.62. The highest BCUT2D eigenvalue weighted by molar-refractivity contribution is 7.89. The zero-order valence-electron chi connectivity index (χ0n) is 16.7. The predicted molar refractivity (Wildman–Crippen MR) is 106 cm³/mol. The first-order valence-corrected chi connectivity index (χ1v) is 11.4. The molecule has 3 aliphatic carbocycles. The van der Waals surface area contributed by atoms with E-state index in [0.717, 1.165) is 31.4 Å². The Labute approximate surface area is 166 Å². The smallest absolute Gasteiger partial charge is 0.255 e. The van der Waals surface area contributed by atoms with Gasteiger partial charge in [-0.1, -0.05) is 20.8 Å². The van der Waals surface area contributed by atoms with Gasteiger partial charge in [-0.15, -0.1) is 0 Å². The number of carbonyl (C=O) groups excluding carboxylic acids is 1. The summed E-state index contributed by atoms with van der Waals surface area (Å²) in [6.07, 6.45) is 7.59. The number of carbonyl (C=O) groups is 1. The van der Waals surface area contributed by atoms with Crippen molar-refractivity contribution >= 4 is 21.6 Å². The Hall–Kier alpha value is -1.80. The third-order valence-electron chi connectivity index (χ3n) is 7.32. The lowest BCUT2D eigenvalue weighted by Gasteiger charge is -2.34. The highest BCUT2D eigenvalue weighted by Gasteiger charge is 2.60. The van der Waals surface area contributed by atoms with E-state index in [4.69, 9.17) is 0 Å². The highest BCUT2D eigenvalue weighted by Crippen LogP contribution is 2.63. The molecule has 1 heterocycles. The van der Waals surface area contributed by atoms with E-state index < -0.39 is 15.9 Å². The Morgan fingerprint density at radius 3 is 2.61 bits per heavy atom. The van der Waals surface area contributed by atoms with Gasteiger partial charge in [0.2, 0.25) is 10.0 Å². The Bertz CT molecular complexity index is 909. The van der Waals surface area contributed by atoms with E-state index in [2.05, 4.69) is 36.3 Å². The molecule has 4 rings (SSSR count). The summed E-state index contributed by atoms with van der Waals surface area (Å²) in [7, 11) is -3.75. The maximum absolute atomic E-state index is 12.9. The van der Waals surface area contributed by atoms with Crippen LogP contribution in [0.15, 0.2) is 34.5 Å². The minimum atomic E-state index is -3.75. The van der Waals surface area contributed by atoms with Crippen LogP contribution in [0.3, 0.4) is 0 Å². The molecule has 2 bridgehead atoms. The van der Waals surface area contributed by atoms with E-state index in [1.807, 2.05) is 0 Å². The fourth-order valence-electron chi connectivity index (χ4n) is 4.81. The van der Waals surface area contributed by atoms with Crippen molar-refractivity contribution in [1.82, 2.24) is 14.7 Å². The summed E-state index contributed by atoms with van der Waals surface area (Å²) in [5.41, 5.74) is 3.86. The Balaban J connectivity index is 1.47. The zero-order valence-corrected chi connectivity index (χ0v) is 17.5. The highest BCUT2D eigenvalue weighted by atomic mass is 32.2. The number of rotatable bonds is 6. The molecule has 0 spiro atoms. The average molecular weight is 405 g/mol. The van der Waals surface area contributed by atoms with Gasteiger partial charge in [0.1, 0.15) is 4.90 Å². The van der Waals surface area contributed by atoms with E-state index >= 15 is 0 Å². The second-order valence-corrected chi connectivity index (χ2v) is 10.9. The van der Waals surface area contributed by atoms with Gasteiger partial charge < -0.3 is 0 Å². The van der Waals surface area contributed by atoms with Crippen LogP contribution >= 0.6 is 0 Å². The van der Waals surface area contributed by atoms with Gasteiger partial charge in [-0.25, -0.2) is 13.8 Å². The van der Waals surface area contributed by atoms with Crippen LogP contribution in [0.25, 0.3) is 0 Å². The lowest BCUT2D eigenvalue weighted by molar-refractivity contribution is -0.121. The summed E-state index contributed by atoms with van der Waals surface area (Å²) in [6.45, 7) is 6.57. The topological polar surface area (TPSA) is 91.7 Å². The molecular formula is C20H28N4O3S. The van der Waals surface area contributed by atoms with Crippen LogP contribution < -0.4 is 5.43 Å². The lowest BCUT2D eigenvalue weighted by Crippen LogP contribution is -2.41.